The normalized spacial score (nSPS) is 10.5. The van der Waals surface area contributed by atoms with Crippen LogP contribution in [0.3, 0.4) is 0 Å². The zero-order chi connectivity index (χ0) is 18.3. The van der Waals surface area contributed by atoms with Crippen LogP contribution >= 0.6 is 0 Å². The zero-order valence-corrected chi connectivity index (χ0v) is 15.4. The molecule has 0 spiro atoms. The molecule has 0 saturated heterocycles. The molecule has 140 valence electrons. The molecule has 0 saturated carbocycles. The number of ketones is 1. The highest BCUT2D eigenvalue weighted by Crippen LogP contribution is 2.13. The van der Waals surface area contributed by atoms with Crippen molar-refractivity contribution in [1.29, 1.82) is 0 Å². The lowest BCUT2D eigenvalue weighted by atomic mass is 10.1. The molecular weight excluding hydrogens is 320 g/mol. The van der Waals surface area contributed by atoms with Gasteiger partial charge in [-0.05, 0) is 49.9 Å². The summed E-state index contributed by atoms with van der Waals surface area (Å²) >= 11 is 0. The first-order valence-electron chi connectivity index (χ1n) is 9.08. The lowest BCUT2D eigenvalue weighted by Gasteiger charge is -2.07. The predicted octanol–water partition coefficient (Wildman–Crippen LogP) is 4.19. The fourth-order valence-corrected chi connectivity index (χ4v) is 2.31. The Balaban J connectivity index is 2.00. The van der Waals surface area contributed by atoms with Crippen LogP contribution in [0, 0.1) is 0 Å². The Bertz CT molecular complexity index is 495. The van der Waals surface area contributed by atoms with E-state index in [0.717, 1.165) is 44.3 Å². The number of carbonyl (C=O) groups is 2. The van der Waals surface area contributed by atoms with E-state index < -0.39 is 0 Å². The molecule has 0 heterocycles. The van der Waals surface area contributed by atoms with Crippen LogP contribution in [0.2, 0.25) is 0 Å². The molecule has 5 heteroatoms. The van der Waals surface area contributed by atoms with Gasteiger partial charge < -0.3 is 14.2 Å². The van der Waals surface area contributed by atoms with Crippen LogP contribution in [0.15, 0.2) is 24.3 Å². The standard InChI is InChI=1S/C20H30O5/c1-3-4-6-9-18(21)16-24-14-7-5-8-15-25-19-12-10-17(11-13-19)20(22)23-2/h10-13H,3-9,14-16H2,1-2H3. The van der Waals surface area contributed by atoms with E-state index in [1.54, 1.807) is 24.3 Å². The van der Waals surface area contributed by atoms with Crippen molar-refractivity contribution in [2.24, 2.45) is 0 Å². The van der Waals surface area contributed by atoms with Crippen molar-refractivity contribution in [3.05, 3.63) is 29.8 Å². The number of Topliss-reactive ketones (excluding diaryl/α,β-unsaturated/α-hetero) is 1. The molecule has 1 aromatic carbocycles. The molecule has 0 bridgehead atoms. The smallest absolute Gasteiger partial charge is 0.337 e. The number of hydrogen-bond donors (Lipinski definition) is 0. The summed E-state index contributed by atoms with van der Waals surface area (Å²) in [6, 6.07) is 6.90. The van der Waals surface area contributed by atoms with Crippen LogP contribution in [-0.2, 0) is 14.3 Å². The third kappa shape index (κ3) is 9.87. The molecule has 0 unspecified atom stereocenters. The maximum atomic E-state index is 11.5. The molecule has 0 aliphatic rings. The first-order valence-corrected chi connectivity index (χ1v) is 9.08. The van der Waals surface area contributed by atoms with Crippen molar-refractivity contribution in [2.45, 2.75) is 51.9 Å². The Hall–Kier alpha value is -1.88. The first-order chi connectivity index (χ1) is 12.2. The minimum atomic E-state index is -0.351. The molecule has 1 rings (SSSR count). The minimum absolute atomic E-state index is 0.201. The Morgan fingerprint density at radius 2 is 1.64 bits per heavy atom. The number of hydrogen-bond acceptors (Lipinski definition) is 5. The van der Waals surface area contributed by atoms with Gasteiger partial charge in [0.1, 0.15) is 12.4 Å². The second-order valence-corrected chi connectivity index (χ2v) is 5.97. The molecule has 1 aromatic rings. The topological polar surface area (TPSA) is 61.8 Å². The average Bonchev–Trinajstić information content (AvgIpc) is 2.64. The SMILES string of the molecule is CCCCCC(=O)COCCCCCOc1ccc(C(=O)OC)cc1. The number of benzene rings is 1. The summed E-state index contributed by atoms with van der Waals surface area (Å²) in [5.41, 5.74) is 0.510. The second-order valence-electron chi connectivity index (χ2n) is 5.97. The van der Waals surface area contributed by atoms with E-state index in [2.05, 4.69) is 11.7 Å². The van der Waals surface area contributed by atoms with E-state index in [1.807, 2.05) is 0 Å². The fraction of sp³-hybridized carbons (Fsp3) is 0.600. The number of rotatable bonds is 14. The maximum Gasteiger partial charge on any atom is 0.337 e. The van der Waals surface area contributed by atoms with Gasteiger partial charge in [0.2, 0.25) is 0 Å². The summed E-state index contributed by atoms with van der Waals surface area (Å²) in [4.78, 5) is 22.8. The van der Waals surface area contributed by atoms with Crippen LogP contribution in [0.5, 0.6) is 5.75 Å². The van der Waals surface area contributed by atoms with Gasteiger partial charge in [-0.25, -0.2) is 4.79 Å². The summed E-state index contributed by atoms with van der Waals surface area (Å²) in [7, 11) is 1.36. The zero-order valence-electron chi connectivity index (χ0n) is 15.4. The average molecular weight is 350 g/mol. The molecule has 0 aromatic heterocycles. The summed E-state index contributed by atoms with van der Waals surface area (Å²) in [6.07, 6.45) is 6.68. The van der Waals surface area contributed by atoms with Crippen molar-refractivity contribution in [1.82, 2.24) is 0 Å². The van der Waals surface area contributed by atoms with Crippen LogP contribution in [0.25, 0.3) is 0 Å². The second kappa shape index (κ2) is 13.4. The van der Waals surface area contributed by atoms with Gasteiger partial charge in [-0.2, -0.15) is 0 Å². The van der Waals surface area contributed by atoms with Crippen molar-refractivity contribution in [3.63, 3.8) is 0 Å². The largest absolute Gasteiger partial charge is 0.494 e. The molecule has 0 fully saturated rings. The van der Waals surface area contributed by atoms with E-state index in [0.29, 0.717) is 25.2 Å². The maximum absolute atomic E-state index is 11.5. The van der Waals surface area contributed by atoms with E-state index in [9.17, 15) is 9.59 Å². The van der Waals surface area contributed by atoms with Crippen molar-refractivity contribution >= 4 is 11.8 Å². The lowest BCUT2D eigenvalue weighted by molar-refractivity contribution is -0.123. The lowest BCUT2D eigenvalue weighted by Crippen LogP contribution is -2.09. The van der Waals surface area contributed by atoms with Gasteiger partial charge in [0.25, 0.3) is 0 Å². The van der Waals surface area contributed by atoms with Crippen molar-refractivity contribution in [3.8, 4) is 5.75 Å². The highest BCUT2D eigenvalue weighted by Gasteiger charge is 2.04. The highest BCUT2D eigenvalue weighted by molar-refractivity contribution is 5.89. The summed E-state index contributed by atoms with van der Waals surface area (Å²) in [5, 5.41) is 0. The van der Waals surface area contributed by atoms with Crippen molar-refractivity contribution in [2.75, 3.05) is 26.9 Å². The quantitative estimate of drug-likeness (QED) is 0.372. The number of methoxy groups -OCH3 is 1. The van der Waals surface area contributed by atoms with E-state index in [-0.39, 0.29) is 18.4 Å². The molecule has 0 aliphatic heterocycles. The summed E-state index contributed by atoms with van der Waals surface area (Å²) in [5.74, 6) is 0.587. The molecule has 25 heavy (non-hydrogen) atoms. The van der Waals surface area contributed by atoms with Gasteiger partial charge >= 0.3 is 5.97 Å². The van der Waals surface area contributed by atoms with Gasteiger partial charge in [0.15, 0.2) is 5.78 Å². The Kier molecular flexibility index (Phi) is 11.4. The Labute approximate surface area is 150 Å². The van der Waals surface area contributed by atoms with Crippen LogP contribution in [0.4, 0.5) is 0 Å². The number of esters is 1. The monoisotopic (exact) mass is 350 g/mol. The van der Waals surface area contributed by atoms with Crippen LogP contribution in [0.1, 0.15) is 62.2 Å². The third-order valence-electron chi connectivity index (χ3n) is 3.80. The van der Waals surface area contributed by atoms with Gasteiger partial charge in [-0.1, -0.05) is 19.8 Å². The third-order valence-corrected chi connectivity index (χ3v) is 3.80. The number of unbranched alkanes of at least 4 members (excludes halogenated alkanes) is 4. The molecular formula is C20H30O5. The number of ether oxygens (including phenoxy) is 3. The summed E-state index contributed by atoms with van der Waals surface area (Å²) in [6.45, 7) is 3.61. The van der Waals surface area contributed by atoms with E-state index >= 15 is 0 Å². The molecule has 0 N–H and O–H groups in total. The molecule has 5 nitrogen and oxygen atoms in total. The Morgan fingerprint density at radius 1 is 0.920 bits per heavy atom. The number of carbonyl (C=O) groups excluding carboxylic acids is 2. The molecule has 0 atom stereocenters. The first kappa shape index (κ1) is 21.2. The molecule has 0 radical (unpaired) electrons. The van der Waals surface area contributed by atoms with Gasteiger partial charge in [-0.15, -0.1) is 0 Å². The van der Waals surface area contributed by atoms with Crippen LogP contribution < -0.4 is 4.74 Å². The predicted molar refractivity (Wildman–Crippen MR) is 97.1 cm³/mol. The molecule has 0 amide bonds. The summed E-state index contributed by atoms with van der Waals surface area (Å²) < 4.78 is 15.7. The van der Waals surface area contributed by atoms with Crippen molar-refractivity contribution < 1.29 is 23.8 Å². The van der Waals surface area contributed by atoms with E-state index in [1.165, 1.54) is 7.11 Å². The highest BCUT2D eigenvalue weighted by atomic mass is 16.5. The van der Waals surface area contributed by atoms with Gasteiger partial charge in [-0.3, -0.25) is 4.79 Å². The van der Waals surface area contributed by atoms with E-state index in [4.69, 9.17) is 9.47 Å². The van der Waals surface area contributed by atoms with Crippen LogP contribution in [-0.4, -0.2) is 38.7 Å². The van der Waals surface area contributed by atoms with Gasteiger partial charge in [0.05, 0.1) is 19.3 Å². The van der Waals surface area contributed by atoms with Gasteiger partial charge in [0, 0.05) is 13.0 Å². The molecule has 0 aliphatic carbocycles. The minimum Gasteiger partial charge on any atom is -0.494 e. The fourth-order valence-electron chi connectivity index (χ4n) is 2.31. The Morgan fingerprint density at radius 3 is 2.32 bits per heavy atom.